The number of anilines is 2. The fourth-order valence-electron chi connectivity index (χ4n) is 3.23. The van der Waals surface area contributed by atoms with E-state index in [9.17, 15) is 19.1 Å². The van der Waals surface area contributed by atoms with E-state index in [1.807, 2.05) is 12.1 Å². The van der Waals surface area contributed by atoms with Crippen molar-refractivity contribution in [2.24, 2.45) is 0 Å². The maximum Gasteiger partial charge on any atom is 0.421 e. The Hall–Kier alpha value is -3.65. The third-order valence-electron chi connectivity index (χ3n) is 4.69. The number of benzene rings is 3. The molecule has 6 nitrogen and oxygen atoms in total. The van der Waals surface area contributed by atoms with Crippen molar-refractivity contribution in [3.05, 3.63) is 82.6 Å². The Kier molecular flexibility index (Phi) is 5.48. The van der Waals surface area contributed by atoms with Crippen molar-refractivity contribution in [2.45, 2.75) is 0 Å². The van der Waals surface area contributed by atoms with E-state index in [0.717, 1.165) is 16.0 Å². The molecule has 0 unspecified atom stereocenters. The summed E-state index contributed by atoms with van der Waals surface area (Å²) in [6.45, 7) is 0. The van der Waals surface area contributed by atoms with Gasteiger partial charge in [-0.15, -0.1) is 0 Å². The van der Waals surface area contributed by atoms with Crippen LogP contribution in [0.25, 0.3) is 22.1 Å². The van der Waals surface area contributed by atoms with Gasteiger partial charge in [0.25, 0.3) is 0 Å². The van der Waals surface area contributed by atoms with E-state index < -0.39 is 12.1 Å². The van der Waals surface area contributed by atoms with E-state index in [0.29, 0.717) is 15.4 Å². The Balaban J connectivity index is 1.83. The molecule has 0 atom stereocenters. The van der Waals surface area contributed by atoms with Crippen molar-refractivity contribution in [3.8, 4) is 11.1 Å². The lowest BCUT2D eigenvalue weighted by molar-refractivity contribution is 0.0697. The molecular weight excluding hydrogens is 469 g/mol. The summed E-state index contributed by atoms with van der Waals surface area (Å²) in [5.41, 5.74) is 2.13. The molecule has 31 heavy (non-hydrogen) atoms. The highest BCUT2D eigenvalue weighted by atomic mass is 79.9. The Morgan fingerprint density at radius 3 is 2.39 bits per heavy atom. The summed E-state index contributed by atoms with van der Waals surface area (Å²) >= 11 is 3.24. The van der Waals surface area contributed by atoms with Crippen LogP contribution in [0.3, 0.4) is 0 Å². The molecule has 0 aliphatic heterocycles. The van der Waals surface area contributed by atoms with Gasteiger partial charge in [-0.2, -0.15) is 0 Å². The average molecular weight is 484 g/mol. The number of amides is 1. The van der Waals surface area contributed by atoms with Crippen LogP contribution in [0.1, 0.15) is 10.4 Å². The smallest absolute Gasteiger partial charge is 0.421 e. The van der Waals surface area contributed by atoms with Crippen molar-refractivity contribution in [1.82, 2.24) is 0 Å². The first-order valence-corrected chi connectivity index (χ1v) is 9.87. The van der Waals surface area contributed by atoms with E-state index in [2.05, 4.69) is 15.9 Å². The van der Waals surface area contributed by atoms with E-state index in [-0.39, 0.29) is 23.0 Å². The number of hydrogen-bond donors (Lipinski definition) is 1. The molecule has 0 radical (unpaired) electrons. The van der Waals surface area contributed by atoms with Crippen molar-refractivity contribution in [3.63, 3.8) is 0 Å². The first-order valence-electron chi connectivity index (χ1n) is 9.08. The third kappa shape index (κ3) is 4.02. The lowest BCUT2D eigenvalue weighted by atomic mass is 10.0. The number of furan rings is 1. The molecule has 0 fully saturated rings. The van der Waals surface area contributed by atoms with Gasteiger partial charge in [0.2, 0.25) is 5.88 Å². The fourth-order valence-corrected chi connectivity index (χ4v) is 3.60. The molecule has 1 heterocycles. The molecule has 0 saturated carbocycles. The molecule has 4 aromatic rings. The molecule has 1 amide bonds. The van der Waals surface area contributed by atoms with E-state index in [4.69, 9.17) is 9.15 Å². The van der Waals surface area contributed by atoms with Crippen LogP contribution in [0.2, 0.25) is 0 Å². The minimum absolute atomic E-state index is 0.0976. The summed E-state index contributed by atoms with van der Waals surface area (Å²) < 4.78 is 24.5. The zero-order valence-corrected chi connectivity index (χ0v) is 17.7. The fraction of sp³-hybridized carbons (Fsp3) is 0.0435. The number of ether oxygens (including phenoxy) is 1. The molecule has 0 aliphatic carbocycles. The van der Waals surface area contributed by atoms with Gasteiger partial charge in [0.05, 0.1) is 18.4 Å². The predicted octanol–water partition coefficient (Wildman–Crippen LogP) is 6.60. The Bertz CT molecular complexity index is 1300. The lowest BCUT2D eigenvalue weighted by Crippen LogP contribution is -2.27. The highest BCUT2D eigenvalue weighted by molar-refractivity contribution is 9.10. The highest BCUT2D eigenvalue weighted by Gasteiger charge is 2.27. The van der Waals surface area contributed by atoms with Gasteiger partial charge in [0, 0.05) is 15.9 Å². The molecule has 1 aromatic heterocycles. The van der Waals surface area contributed by atoms with Crippen LogP contribution in [0.15, 0.2) is 75.6 Å². The van der Waals surface area contributed by atoms with Gasteiger partial charge in [-0.3, -0.25) is 0 Å². The number of methoxy groups -OCH3 is 1. The van der Waals surface area contributed by atoms with Gasteiger partial charge >= 0.3 is 12.1 Å². The van der Waals surface area contributed by atoms with Crippen LogP contribution in [0.4, 0.5) is 20.8 Å². The third-order valence-corrected chi connectivity index (χ3v) is 5.18. The zero-order valence-electron chi connectivity index (χ0n) is 16.1. The molecule has 0 aliphatic rings. The molecule has 0 saturated heterocycles. The number of carbonyl (C=O) groups is 2. The second-order valence-corrected chi connectivity index (χ2v) is 7.53. The van der Waals surface area contributed by atoms with Crippen LogP contribution in [-0.4, -0.2) is 24.3 Å². The van der Waals surface area contributed by atoms with Crippen molar-refractivity contribution in [2.75, 3.05) is 12.0 Å². The quantitative estimate of drug-likeness (QED) is 0.353. The number of hydrogen-bond acceptors (Lipinski definition) is 4. The normalized spacial score (nSPS) is 10.8. The number of nitrogens with zero attached hydrogens (tertiary/aromatic N) is 1. The van der Waals surface area contributed by atoms with Crippen LogP contribution < -0.4 is 4.90 Å². The topological polar surface area (TPSA) is 80.0 Å². The van der Waals surface area contributed by atoms with E-state index >= 15 is 0 Å². The molecule has 0 spiro atoms. The van der Waals surface area contributed by atoms with Crippen molar-refractivity contribution >= 4 is 50.5 Å². The number of rotatable bonds is 4. The van der Waals surface area contributed by atoms with Gasteiger partial charge in [-0.25, -0.2) is 18.9 Å². The first kappa shape index (κ1) is 20.6. The summed E-state index contributed by atoms with van der Waals surface area (Å²) in [6.07, 6.45) is -0.803. The predicted molar refractivity (Wildman–Crippen MR) is 117 cm³/mol. The SMILES string of the molecule is COC(=O)N(c1cc2cc(-c3ccc(F)cc3)ccc2o1)c1ccc(Br)cc1C(=O)O. The monoisotopic (exact) mass is 483 g/mol. The van der Waals surface area contributed by atoms with Crippen LogP contribution in [0, 0.1) is 5.82 Å². The largest absolute Gasteiger partial charge is 0.478 e. The lowest BCUT2D eigenvalue weighted by Gasteiger charge is -2.20. The minimum atomic E-state index is -1.21. The highest BCUT2D eigenvalue weighted by Crippen LogP contribution is 2.36. The first-order chi connectivity index (χ1) is 14.9. The van der Waals surface area contributed by atoms with E-state index in [1.54, 1.807) is 30.3 Å². The number of halogens is 2. The molecule has 3 aromatic carbocycles. The number of aromatic carboxylic acids is 1. The Labute approximate surface area is 184 Å². The van der Waals surface area contributed by atoms with Crippen LogP contribution in [-0.2, 0) is 4.74 Å². The summed E-state index contributed by atoms with van der Waals surface area (Å²) in [5.74, 6) is -1.43. The van der Waals surface area contributed by atoms with Crippen LogP contribution in [0.5, 0.6) is 0 Å². The molecule has 0 bridgehead atoms. The van der Waals surface area contributed by atoms with Crippen molar-refractivity contribution < 1.29 is 28.2 Å². The van der Waals surface area contributed by atoms with Gasteiger partial charge < -0.3 is 14.3 Å². The van der Waals surface area contributed by atoms with Gasteiger partial charge in [0.15, 0.2) is 0 Å². The number of fused-ring (bicyclic) bond motifs is 1. The van der Waals surface area contributed by atoms with Crippen molar-refractivity contribution in [1.29, 1.82) is 0 Å². The summed E-state index contributed by atoms with van der Waals surface area (Å²) in [7, 11) is 1.20. The molecular formula is C23H15BrFNO5. The molecule has 156 valence electrons. The van der Waals surface area contributed by atoms with Gasteiger partial charge in [0.1, 0.15) is 11.4 Å². The van der Waals surface area contributed by atoms with Crippen LogP contribution >= 0.6 is 15.9 Å². The Morgan fingerprint density at radius 1 is 1.00 bits per heavy atom. The number of carbonyl (C=O) groups excluding carboxylic acids is 1. The number of carboxylic acid groups (broad SMARTS) is 1. The average Bonchev–Trinajstić information content (AvgIpc) is 3.17. The molecule has 1 N–H and O–H groups in total. The second kappa shape index (κ2) is 8.23. The number of carboxylic acids is 1. The zero-order chi connectivity index (χ0) is 22.1. The van der Waals surface area contributed by atoms with Gasteiger partial charge in [-0.1, -0.05) is 34.1 Å². The maximum absolute atomic E-state index is 13.2. The standard InChI is InChI=1S/C23H15BrFNO5/c1-30-23(29)26(19-8-5-16(24)12-18(19)22(27)28)21-11-15-10-14(4-9-20(15)31-21)13-2-6-17(25)7-3-13/h2-12H,1H3,(H,27,28). The molecule has 4 rings (SSSR count). The summed E-state index contributed by atoms with van der Waals surface area (Å²) in [4.78, 5) is 25.4. The van der Waals surface area contributed by atoms with E-state index in [1.165, 1.54) is 31.4 Å². The maximum atomic E-state index is 13.2. The Morgan fingerprint density at radius 2 is 1.71 bits per heavy atom. The summed E-state index contributed by atoms with van der Waals surface area (Å²) in [6, 6.07) is 17.6. The molecule has 8 heteroatoms. The second-order valence-electron chi connectivity index (χ2n) is 6.62. The minimum Gasteiger partial charge on any atom is -0.478 e. The van der Waals surface area contributed by atoms with Gasteiger partial charge in [-0.05, 0) is 53.6 Å². The summed E-state index contributed by atoms with van der Waals surface area (Å²) in [5, 5.41) is 10.3.